The molecule has 2 aromatic heterocycles. The zero-order valence-electron chi connectivity index (χ0n) is 18.8. The predicted molar refractivity (Wildman–Crippen MR) is 127 cm³/mol. The first-order valence-electron chi connectivity index (χ1n) is 10.8. The Hall–Kier alpha value is -3.12. The van der Waals surface area contributed by atoms with Crippen LogP contribution in [0.4, 0.5) is 14.6 Å². The number of carboxylic acids is 1. The summed E-state index contributed by atoms with van der Waals surface area (Å²) in [5.74, 6) is -1.15. The van der Waals surface area contributed by atoms with Crippen molar-refractivity contribution in [2.24, 2.45) is 16.6 Å². The highest BCUT2D eigenvalue weighted by atomic mass is 32.1. The van der Waals surface area contributed by atoms with E-state index in [-0.39, 0.29) is 46.8 Å². The summed E-state index contributed by atoms with van der Waals surface area (Å²) in [6.07, 6.45) is 4.30. The van der Waals surface area contributed by atoms with Crippen molar-refractivity contribution in [3.63, 3.8) is 0 Å². The van der Waals surface area contributed by atoms with Crippen LogP contribution in [0.5, 0.6) is 0 Å². The number of alkyl halides is 1. The second kappa shape index (κ2) is 11.8. The molecule has 0 amide bonds. The predicted octanol–water partition coefficient (Wildman–Crippen LogP) is 2.52. The average molecular weight is 495 g/mol. The Balaban J connectivity index is 1.81. The number of carboxylic acid groups (broad SMARTS) is 1. The number of piperidine rings is 1. The second-order valence-corrected chi connectivity index (χ2v) is 8.89. The zero-order valence-corrected chi connectivity index (χ0v) is 19.6. The minimum Gasteiger partial charge on any atom is -0.477 e. The van der Waals surface area contributed by atoms with Crippen molar-refractivity contribution in [3.05, 3.63) is 40.5 Å². The first-order chi connectivity index (χ1) is 16.4. The van der Waals surface area contributed by atoms with Crippen LogP contribution in [-0.2, 0) is 6.54 Å². The number of hydrogen-bond acceptors (Lipinski definition) is 9. The standard InChI is InChI=1S/C22H28F2N6O3S/c1-29(15(10-25)11-26-7-6-23)12-17-19(22(32)33)34-21(27-17)16-2-3-18(28-20(16)24)30-8-4-14(13-31)5-9-30/h2-3,10-11,14,31H,4-9,12-13,25H2,1H3,(H,32,33)/b15-10+,26-11?. The summed E-state index contributed by atoms with van der Waals surface area (Å²) in [6, 6.07) is 3.25. The third-order valence-electron chi connectivity index (χ3n) is 5.59. The number of allylic oxidation sites excluding steroid dienone is 1. The van der Waals surface area contributed by atoms with Crippen LogP contribution in [0.1, 0.15) is 28.2 Å². The molecule has 0 radical (unpaired) electrons. The Kier molecular flexibility index (Phi) is 8.88. The number of thiazole rings is 1. The fourth-order valence-electron chi connectivity index (χ4n) is 3.64. The third-order valence-corrected chi connectivity index (χ3v) is 6.71. The van der Waals surface area contributed by atoms with Gasteiger partial charge in [0.15, 0.2) is 0 Å². The number of anilines is 1. The Morgan fingerprint density at radius 2 is 2.12 bits per heavy atom. The molecule has 184 valence electrons. The van der Waals surface area contributed by atoms with Crippen molar-refractivity contribution in [1.29, 1.82) is 0 Å². The normalized spacial score (nSPS) is 15.3. The molecule has 1 aliphatic rings. The summed E-state index contributed by atoms with van der Waals surface area (Å²) in [5.41, 5.74) is 6.44. The fraction of sp³-hybridized carbons (Fsp3) is 0.455. The highest BCUT2D eigenvalue weighted by Crippen LogP contribution is 2.32. The SMILES string of the molecule is CN(Cc1nc(-c2ccc(N3CCC(CO)CC3)nc2F)sc1C(=O)O)/C(C=NCCF)=C/N. The van der Waals surface area contributed by atoms with E-state index in [0.717, 1.165) is 24.2 Å². The number of pyridine rings is 1. The lowest BCUT2D eigenvalue weighted by Crippen LogP contribution is -2.35. The van der Waals surface area contributed by atoms with Gasteiger partial charge in [-0.2, -0.15) is 4.39 Å². The number of halogens is 2. The van der Waals surface area contributed by atoms with Crippen molar-refractivity contribution < 1.29 is 23.8 Å². The van der Waals surface area contributed by atoms with Crippen LogP contribution in [-0.4, -0.2) is 77.2 Å². The van der Waals surface area contributed by atoms with Crippen molar-refractivity contribution in [2.45, 2.75) is 19.4 Å². The van der Waals surface area contributed by atoms with Crippen LogP contribution in [0, 0.1) is 11.9 Å². The van der Waals surface area contributed by atoms with E-state index in [4.69, 9.17) is 5.73 Å². The highest BCUT2D eigenvalue weighted by Gasteiger charge is 2.24. The maximum absolute atomic E-state index is 15.0. The number of aliphatic imine (C=N–C) groups is 1. The van der Waals surface area contributed by atoms with Gasteiger partial charge in [-0.25, -0.2) is 19.2 Å². The lowest BCUT2D eigenvalue weighted by molar-refractivity contribution is 0.0700. The Morgan fingerprint density at radius 1 is 1.38 bits per heavy atom. The Morgan fingerprint density at radius 3 is 2.71 bits per heavy atom. The van der Waals surface area contributed by atoms with E-state index in [9.17, 15) is 23.8 Å². The second-order valence-electron chi connectivity index (χ2n) is 7.89. The van der Waals surface area contributed by atoms with Crippen LogP contribution in [0.15, 0.2) is 29.0 Å². The minimum atomic E-state index is -1.17. The number of nitrogens with zero attached hydrogens (tertiary/aromatic N) is 5. The largest absolute Gasteiger partial charge is 0.477 e. The first kappa shape index (κ1) is 25.5. The summed E-state index contributed by atoms with van der Waals surface area (Å²) >= 11 is 0.870. The molecule has 1 saturated heterocycles. The van der Waals surface area contributed by atoms with E-state index in [2.05, 4.69) is 15.0 Å². The molecule has 12 heteroatoms. The fourth-order valence-corrected chi connectivity index (χ4v) is 4.56. The van der Waals surface area contributed by atoms with Gasteiger partial charge in [-0.05, 0) is 30.9 Å². The first-order valence-corrected chi connectivity index (χ1v) is 11.6. The summed E-state index contributed by atoms with van der Waals surface area (Å²) < 4.78 is 27.2. The van der Waals surface area contributed by atoms with Gasteiger partial charge in [0.1, 0.15) is 22.4 Å². The summed E-state index contributed by atoms with van der Waals surface area (Å²) in [4.78, 5) is 27.7. The Labute approximate surface area is 200 Å². The van der Waals surface area contributed by atoms with E-state index in [1.807, 2.05) is 4.90 Å². The van der Waals surface area contributed by atoms with Crippen molar-refractivity contribution in [1.82, 2.24) is 14.9 Å². The van der Waals surface area contributed by atoms with Gasteiger partial charge in [-0.1, -0.05) is 0 Å². The lowest BCUT2D eigenvalue weighted by Gasteiger charge is -2.32. The molecular weight excluding hydrogens is 466 g/mol. The van der Waals surface area contributed by atoms with Gasteiger partial charge in [0, 0.05) is 39.2 Å². The van der Waals surface area contributed by atoms with Gasteiger partial charge in [0.05, 0.1) is 30.0 Å². The van der Waals surface area contributed by atoms with Gasteiger partial charge in [0.25, 0.3) is 0 Å². The summed E-state index contributed by atoms with van der Waals surface area (Å²) in [5, 5.41) is 19.1. The van der Waals surface area contributed by atoms with E-state index in [1.54, 1.807) is 24.1 Å². The monoisotopic (exact) mass is 494 g/mol. The molecule has 0 unspecified atom stereocenters. The molecule has 34 heavy (non-hydrogen) atoms. The molecule has 0 aliphatic carbocycles. The molecule has 0 spiro atoms. The molecule has 1 fully saturated rings. The van der Waals surface area contributed by atoms with Crippen molar-refractivity contribution in [3.8, 4) is 10.6 Å². The molecule has 2 aromatic rings. The molecule has 0 bridgehead atoms. The van der Waals surface area contributed by atoms with Crippen molar-refractivity contribution in [2.75, 3.05) is 44.9 Å². The van der Waals surface area contributed by atoms with Gasteiger partial charge in [-0.3, -0.25) is 4.99 Å². The van der Waals surface area contributed by atoms with E-state index in [1.165, 1.54) is 12.4 Å². The summed E-state index contributed by atoms with van der Waals surface area (Å²) in [6.45, 7) is 0.980. The zero-order chi connectivity index (χ0) is 24.7. The molecule has 1 aliphatic heterocycles. The molecule has 9 nitrogen and oxygen atoms in total. The highest BCUT2D eigenvalue weighted by molar-refractivity contribution is 7.17. The van der Waals surface area contributed by atoms with E-state index in [0.29, 0.717) is 24.6 Å². The molecule has 0 saturated carbocycles. The molecule has 4 N–H and O–H groups in total. The van der Waals surface area contributed by atoms with Crippen LogP contribution in [0.25, 0.3) is 10.6 Å². The summed E-state index contributed by atoms with van der Waals surface area (Å²) in [7, 11) is 1.67. The number of aliphatic hydroxyl groups is 1. The number of aromatic nitrogens is 2. The number of rotatable bonds is 10. The van der Waals surface area contributed by atoms with Gasteiger partial charge in [0.2, 0.25) is 5.95 Å². The Bertz CT molecular complexity index is 1050. The number of aliphatic hydroxyl groups excluding tert-OH is 1. The molecule has 0 aromatic carbocycles. The average Bonchev–Trinajstić information content (AvgIpc) is 3.25. The number of nitrogens with two attached hydrogens (primary N) is 1. The van der Waals surface area contributed by atoms with Crippen LogP contribution < -0.4 is 10.6 Å². The minimum absolute atomic E-state index is 0.00583. The lowest BCUT2D eigenvalue weighted by atomic mass is 9.98. The number of aromatic carboxylic acids is 1. The van der Waals surface area contributed by atoms with Crippen molar-refractivity contribution >= 4 is 29.3 Å². The smallest absolute Gasteiger partial charge is 0.347 e. The quantitative estimate of drug-likeness (QED) is 0.340. The van der Waals surface area contributed by atoms with Crippen LogP contribution in [0.2, 0.25) is 0 Å². The molecule has 3 heterocycles. The molecule has 3 rings (SSSR count). The maximum atomic E-state index is 15.0. The number of hydrogen-bond donors (Lipinski definition) is 3. The number of carbonyl (C=O) groups is 1. The van der Waals surface area contributed by atoms with Gasteiger partial charge >= 0.3 is 5.97 Å². The molecular formula is C22H28F2N6O3S. The van der Waals surface area contributed by atoms with Crippen LogP contribution >= 0.6 is 11.3 Å². The van der Waals surface area contributed by atoms with Crippen LogP contribution in [0.3, 0.4) is 0 Å². The van der Waals surface area contributed by atoms with E-state index >= 15 is 0 Å². The topological polar surface area (TPSA) is 128 Å². The van der Waals surface area contributed by atoms with E-state index < -0.39 is 18.6 Å². The maximum Gasteiger partial charge on any atom is 0.347 e. The third kappa shape index (κ3) is 6.06. The van der Waals surface area contributed by atoms with Gasteiger partial charge in [-0.15, -0.1) is 11.3 Å². The van der Waals surface area contributed by atoms with Gasteiger partial charge < -0.3 is 25.7 Å². The molecule has 0 atom stereocenters.